The van der Waals surface area contributed by atoms with Gasteiger partial charge in [-0.3, -0.25) is 0 Å². The highest BCUT2D eigenvalue weighted by atomic mass is 16.3. The summed E-state index contributed by atoms with van der Waals surface area (Å²) in [4.78, 5) is 7.02. The number of hydrogen-bond acceptors (Lipinski definition) is 3. The fourth-order valence-corrected chi connectivity index (χ4v) is 5.04. The largest absolute Gasteiger partial charge is 0.436 e. The van der Waals surface area contributed by atoms with Crippen molar-refractivity contribution in [2.24, 2.45) is 0 Å². The van der Waals surface area contributed by atoms with Crippen LogP contribution in [0.1, 0.15) is 30.0 Å². The average Bonchev–Trinajstić information content (AvgIpc) is 3.43. The molecule has 0 saturated carbocycles. The van der Waals surface area contributed by atoms with Gasteiger partial charge in [0.05, 0.1) is 5.69 Å². The van der Waals surface area contributed by atoms with Crippen molar-refractivity contribution in [3.63, 3.8) is 0 Å². The third kappa shape index (κ3) is 5.06. The highest BCUT2D eigenvalue weighted by Gasteiger charge is 2.17. The molecule has 0 fully saturated rings. The van der Waals surface area contributed by atoms with E-state index in [-0.39, 0.29) is 0 Å². The molecule has 1 aromatic heterocycles. The Morgan fingerprint density at radius 2 is 1.30 bits per heavy atom. The summed E-state index contributed by atoms with van der Waals surface area (Å²) < 4.78 is 6.03. The van der Waals surface area contributed by atoms with Gasteiger partial charge in [0.25, 0.3) is 0 Å². The first-order chi connectivity index (χ1) is 19.6. The maximum Gasteiger partial charge on any atom is 0.227 e. The van der Waals surface area contributed by atoms with Gasteiger partial charge >= 0.3 is 0 Å². The molecule has 0 aliphatic carbocycles. The van der Waals surface area contributed by atoms with Gasteiger partial charge in [-0.15, -0.1) is 0 Å². The number of aromatic nitrogens is 1. The molecule has 0 aliphatic rings. The quantitative estimate of drug-likeness (QED) is 0.210. The van der Waals surface area contributed by atoms with Crippen molar-refractivity contribution in [2.75, 3.05) is 4.90 Å². The van der Waals surface area contributed by atoms with Gasteiger partial charge in [-0.2, -0.15) is 0 Å². The molecule has 40 heavy (non-hydrogen) atoms. The minimum atomic E-state index is 0.629. The lowest BCUT2D eigenvalue weighted by molar-refractivity contribution is 0.620. The van der Waals surface area contributed by atoms with Gasteiger partial charge < -0.3 is 9.32 Å². The number of rotatable bonds is 7. The predicted molar refractivity (Wildman–Crippen MR) is 168 cm³/mol. The highest BCUT2D eigenvalue weighted by Crippen LogP contribution is 2.40. The monoisotopic (exact) mass is 520 g/mol. The van der Waals surface area contributed by atoms with Crippen LogP contribution in [0.2, 0.25) is 0 Å². The van der Waals surface area contributed by atoms with Crippen molar-refractivity contribution >= 4 is 34.2 Å². The lowest BCUT2D eigenvalue weighted by Gasteiger charge is -2.28. The first-order valence-corrected chi connectivity index (χ1v) is 13.8. The van der Waals surface area contributed by atoms with Gasteiger partial charge in [-0.05, 0) is 91.6 Å². The Morgan fingerprint density at radius 3 is 1.95 bits per heavy atom. The van der Waals surface area contributed by atoms with Crippen molar-refractivity contribution in [2.45, 2.75) is 27.2 Å². The number of benzene rings is 5. The molecule has 0 spiro atoms. The molecule has 0 atom stereocenters. The number of oxazole rings is 1. The Hall–Kier alpha value is -4.89. The molecule has 0 bridgehead atoms. The Balaban J connectivity index is 1.43. The van der Waals surface area contributed by atoms with Crippen LogP contribution in [0.25, 0.3) is 39.8 Å². The fraction of sp³-hybridized carbons (Fsp3) is 0.108. The minimum Gasteiger partial charge on any atom is -0.436 e. The zero-order valence-corrected chi connectivity index (χ0v) is 23.1. The van der Waals surface area contributed by atoms with E-state index in [2.05, 4.69) is 134 Å². The molecule has 6 rings (SSSR count). The van der Waals surface area contributed by atoms with Gasteiger partial charge in [0.1, 0.15) is 5.52 Å². The molecule has 0 radical (unpaired) electrons. The van der Waals surface area contributed by atoms with Gasteiger partial charge in [0.2, 0.25) is 5.89 Å². The minimum absolute atomic E-state index is 0.629. The maximum atomic E-state index is 6.03. The number of nitrogens with zero attached hydrogens (tertiary/aromatic N) is 2. The first kappa shape index (κ1) is 25.4. The number of allylic oxidation sites excluding steroid dienone is 1. The fourth-order valence-electron chi connectivity index (χ4n) is 5.04. The molecule has 5 aromatic carbocycles. The van der Waals surface area contributed by atoms with Crippen LogP contribution in [0, 0.1) is 13.8 Å². The first-order valence-electron chi connectivity index (χ1n) is 13.8. The second kappa shape index (κ2) is 11.1. The normalized spacial score (nSPS) is 11.4. The zero-order chi connectivity index (χ0) is 27.5. The van der Waals surface area contributed by atoms with Gasteiger partial charge in [0, 0.05) is 22.5 Å². The summed E-state index contributed by atoms with van der Waals surface area (Å²) in [7, 11) is 0. The molecule has 1 heterocycles. The zero-order valence-electron chi connectivity index (χ0n) is 23.1. The molecule has 0 aliphatic heterocycles. The molecule has 0 saturated heterocycles. The Bertz CT molecular complexity index is 1740. The van der Waals surface area contributed by atoms with Crippen LogP contribution in [-0.4, -0.2) is 4.98 Å². The third-order valence-corrected chi connectivity index (χ3v) is 7.24. The molecule has 196 valence electrons. The van der Waals surface area contributed by atoms with E-state index in [4.69, 9.17) is 4.42 Å². The highest BCUT2D eigenvalue weighted by molar-refractivity contribution is 5.85. The summed E-state index contributed by atoms with van der Waals surface area (Å²) in [6, 6.07) is 40.4. The van der Waals surface area contributed by atoms with Crippen LogP contribution in [0.15, 0.2) is 126 Å². The van der Waals surface area contributed by atoms with Crippen molar-refractivity contribution in [3.05, 3.63) is 138 Å². The van der Waals surface area contributed by atoms with Crippen molar-refractivity contribution in [1.29, 1.82) is 0 Å². The summed E-state index contributed by atoms with van der Waals surface area (Å²) in [5.74, 6) is 0.629. The lowest BCUT2D eigenvalue weighted by atomic mass is 10.0. The van der Waals surface area contributed by atoms with Crippen LogP contribution < -0.4 is 4.90 Å². The van der Waals surface area contributed by atoms with Gasteiger partial charge in [0.15, 0.2) is 5.58 Å². The Morgan fingerprint density at radius 1 is 0.675 bits per heavy atom. The van der Waals surface area contributed by atoms with Crippen LogP contribution in [-0.2, 0) is 0 Å². The Kier molecular flexibility index (Phi) is 7.03. The third-order valence-electron chi connectivity index (χ3n) is 7.24. The van der Waals surface area contributed by atoms with Crippen LogP contribution in [0.5, 0.6) is 0 Å². The summed E-state index contributed by atoms with van der Waals surface area (Å²) >= 11 is 0. The van der Waals surface area contributed by atoms with Crippen molar-refractivity contribution in [1.82, 2.24) is 4.98 Å². The molecule has 6 aromatic rings. The van der Waals surface area contributed by atoms with Crippen molar-refractivity contribution in [3.8, 4) is 22.6 Å². The van der Waals surface area contributed by atoms with E-state index in [9.17, 15) is 0 Å². The molecule has 3 heteroatoms. The number of anilines is 3. The van der Waals surface area contributed by atoms with E-state index >= 15 is 0 Å². The number of para-hydroxylation sites is 2. The molecular weight excluding hydrogens is 488 g/mol. The number of hydrogen-bond donors (Lipinski definition) is 0. The predicted octanol–water partition coefficient (Wildman–Crippen LogP) is 10.7. The number of aryl methyl sites for hydroxylation is 2. The second-order valence-corrected chi connectivity index (χ2v) is 10.1. The van der Waals surface area contributed by atoms with Gasteiger partial charge in [-0.1, -0.05) is 85.3 Å². The summed E-state index contributed by atoms with van der Waals surface area (Å²) in [6.07, 6.45) is 5.45. The van der Waals surface area contributed by atoms with Crippen LogP contribution >= 0.6 is 0 Å². The molecule has 0 N–H and O–H groups in total. The van der Waals surface area contributed by atoms with Crippen molar-refractivity contribution < 1.29 is 4.42 Å². The Labute approximate surface area is 236 Å². The summed E-state index contributed by atoms with van der Waals surface area (Å²) in [5, 5.41) is 0. The summed E-state index contributed by atoms with van der Waals surface area (Å²) in [5.41, 5.74) is 12.1. The SMILES string of the molecule is CC/C=C\c1c(C)cccc1N(c1ccc(-c2ccc(C)cc2)cc1)c1ccc(-c2nc3ccccc3o2)cc1. The average molecular weight is 521 g/mol. The van der Waals surface area contributed by atoms with E-state index in [0.717, 1.165) is 40.1 Å². The van der Waals surface area contributed by atoms with Crippen LogP contribution in [0.4, 0.5) is 17.1 Å². The maximum absolute atomic E-state index is 6.03. The van der Waals surface area contributed by atoms with Gasteiger partial charge in [-0.25, -0.2) is 4.98 Å². The molecule has 0 unspecified atom stereocenters. The van der Waals surface area contributed by atoms with E-state index in [1.165, 1.54) is 27.8 Å². The summed E-state index contributed by atoms with van der Waals surface area (Å²) in [6.45, 7) is 6.46. The van der Waals surface area contributed by atoms with E-state index < -0.39 is 0 Å². The number of fused-ring (bicyclic) bond motifs is 1. The standard InChI is InChI=1S/C37H32N2O/c1-4-5-10-33-27(3)9-8-12-35(33)39(31-22-18-29(19-23-31)28-16-14-26(2)15-17-28)32-24-20-30(21-25-32)37-38-34-11-6-7-13-36(34)40-37/h5-25H,4H2,1-3H3/b10-5-. The van der Waals surface area contributed by atoms with Crippen LogP contribution in [0.3, 0.4) is 0 Å². The topological polar surface area (TPSA) is 29.3 Å². The van der Waals surface area contributed by atoms with E-state index in [1.807, 2.05) is 24.3 Å². The second-order valence-electron chi connectivity index (χ2n) is 10.1. The molecule has 3 nitrogen and oxygen atoms in total. The van der Waals surface area contributed by atoms with E-state index in [0.29, 0.717) is 5.89 Å². The lowest BCUT2D eigenvalue weighted by Crippen LogP contribution is -2.12. The molecular formula is C37H32N2O. The smallest absolute Gasteiger partial charge is 0.227 e. The van der Waals surface area contributed by atoms with E-state index in [1.54, 1.807) is 0 Å². The molecule has 0 amide bonds.